The van der Waals surface area contributed by atoms with E-state index in [-0.39, 0.29) is 26.5 Å². The van der Waals surface area contributed by atoms with E-state index in [9.17, 15) is 29.3 Å². The fourth-order valence-electron chi connectivity index (χ4n) is 4.70. The Bertz CT molecular complexity index is 1220. The maximum Gasteiger partial charge on any atom is 0.273 e. The van der Waals surface area contributed by atoms with Crippen molar-refractivity contribution in [3.8, 4) is 5.75 Å². The van der Waals surface area contributed by atoms with Gasteiger partial charge in [0.2, 0.25) is 0 Å². The number of hydrazine groups is 1. The quantitative estimate of drug-likeness (QED) is 0.147. The predicted molar refractivity (Wildman–Crippen MR) is 140 cm³/mol. The maximum atomic E-state index is 13.7. The molecule has 3 amide bonds. The molecule has 1 aliphatic carbocycles. The van der Waals surface area contributed by atoms with Crippen LogP contribution in [0, 0.1) is 22.0 Å². The van der Waals surface area contributed by atoms with Crippen LogP contribution in [0.3, 0.4) is 0 Å². The minimum absolute atomic E-state index is 0.00723. The lowest BCUT2D eigenvalue weighted by Gasteiger charge is -2.34. The first-order valence-electron chi connectivity index (χ1n) is 11.5. The molecule has 37 heavy (non-hydrogen) atoms. The highest BCUT2D eigenvalue weighted by molar-refractivity contribution is 9.12. The standard InChI is InChI=1S/C25H23Br2N3O7/c1-13(22(31)14-5-9-17(37-2)10-6-14)28(23(32)15-3-7-16(8-4-15)30(35)36)29-24(33)18-11-20(26)21(27)12-19(18)25(29)34/h3-10,13,18-21H,11-12H2,1-2H3/t13-,18-,19+,20-,21-/m0/s1. The Labute approximate surface area is 229 Å². The lowest BCUT2D eigenvalue weighted by atomic mass is 9.81. The van der Waals surface area contributed by atoms with E-state index in [1.165, 1.54) is 38.3 Å². The summed E-state index contributed by atoms with van der Waals surface area (Å²) < 4.78 is 5.13. The number of benzene rings is 2. The Morgan fingerprint density at radius 3 is 1.92 bits per heavy atom. The minimum Gasteiger partial charge on any atom is -0.497 e. The molecule has 1 heterocycles. The Balaban J connectivity index is 1.74. The summed E-state index contributed by atoms with van der Waals surface area (Å²) in [7, 11) is 1.49. The molecule has 12 heteroatoms. The zero-order chi connectivity index (χ0) is 27.0. The number of nitrogens with zero attached hydrogens (tertiary/aromatic N) is 3. The number of carbonyl (C=O) groups excluding carboxylic acids is 4. The number of hydrogen-bond acceptors (Lipinski definition) is 7. The SMILES string of the molecule is COc1ccc(C(=O)[C@H](C)N(C(=O)c2ccc([N+](=O)[O-])cc2)N2C(=O)[C@H]3C[C@H](Br)[C@@H](Br)C[C@H]3C2=O)cc1. The topological polar surface area (TPSA) is 127 Å². The molecule has 5 atom stereocenters. The Kier molecular flexibility index (Phi) is 7.79. The molecular weight excluding hydrogens is 614 g/mol. The van der Waals surface area contributed by atoms with Gasteiger partial charge in [-0.15, -0.1) is 0 Å². The van der Waals surface area contributed by atoms with Crippen molar-refractivity contribution in [3.05, 3.63) is 69.8 Å². The predicted octanol–water partition coefficient (Wildman–Crippen LogP) is 4.15. The Morgan fingerprint density at radius 1 is 0.973 bits per heavy atom. The molecule has 1 aliphatic heterocycles. The number of imide groups is 1. The maximum absolute atomic E-state index is 13.7. The van der Waals surface area contributed by atoms with Gasteiger partial charge in [-0.1, -0.05) is 31.9 Å². The fourth-order valence-corrected chi connectivity index (χ4v) is 5.93. The molecule has 194 valence electrons. The van der Waals surface area contributed by atoms with Gasteiger partial charge < -0.3 is 4.74 Å². The normalized spacial score (nSPS) is 23.8. The van der Waals surface area contributed by atoms with Crippen LogP contribution in [0.4, 0.5) is 5.69 Å². The molecule has 10 nitrogen and oxygen atoms in total. The van der Waals surface area contributed by atoms with Crippen LogP contribution in [-0.2, 0) is 9.59 Å². The zero-order valence-electron chi connectivity index (χ0n) is 19.9. The molecule has 1 saturated heterocycles. The highest BCUT2D eigenvalue weighted by Gasteiger charge is 2.55. The highest BCUT2D eigenvalue weighted by Crippen LogP contribution is 2.44. The van der Waals surface area contributed by atoms with Crippen LogP contribution in [0.5, 0.6) is 5.75 Å². The number of fused-ring (bicyclic) bond motifs is 1. The van der Waals surface area contributed by atoms with E-state index in [2.05, 4.69) is 31.9 Å². The molecule has 0 aromatic heterocycles. The molecule has 2 fully saturated rings. The van der Waals surface area contributed by atoms with E-state index in [1.807, 2.05) is 0 Å². The first kappa shape index (κ1) is 26.9. The summed E-state index contributed by atoms with van der Waals surface area (Å²) in [4.78, 5) is 64.6. The highest BCUT2D eigenvalue weighted by atomic mass is 79.9. The van der Waals surface area contributed by atoms with Crippen molar-refractivity contribution < 1.29 is 28.8 Å². The van der Waals surface area contributed by atoms with Crippen molar-refractivity contribution in [3.63, 3.8) is 0 Å². The molecule has 0 radical (unpaired) electrons. The zero-order valence-corrected chi connectivity index (χ0v) is 23.0. The van der Waals surface area contributed by atoms with Gasteiger partial charge in [-0.2, -0.15) is 5.01 Å². The van der Waals surface area contributed by atoms with Crippen LogP contribution >= 0.6 is 31.9 Å². The first-order chi connectivity index (χ1) is 17.5. The summed E-state index contributed by atoms with van der Waals surface area (Å²) in [6.07, 6.45) is 0.782. The Morgan fingerprint density at radius 2 is 1.46 bits per heavy atom. The van der Waals surface area contributed by atoms with Crippen LogP contribution in [-0.4, -0.2) is 61.3 Å². The van der Waals surface area contributed by atoms with Gasteiger partial charge in [0.25, 0.3) is 23.4 Å². The summed E-state index contributed by atoms with van der Waals surface area (Å²) in [6.45, 7) is 1.44. The van der Waals surface area contributed by atoms with E-state index in [1.54, 1.807) is 12.1 Å². The number of methoxy groups -OCH3 is 1. The van der Waals surface area contributed by atoms with E-state index in [0.29, 0.717) is 18.6 Å². The van der Waals surface area contributed by atoms with Crippen molar-refractivity contribution in [1.82, 2.24) is 10.0 Å². The van der Waals surface area contributed by atoms with Gasteiger partial charge in [-0.25, -0.2) is 5.01 Å². The molecule has 4 rings (SSSR count). The number of ketones is 1. The summed E-state index contributed by atoms with van der Waals surface area (Å²) in [5, 5.41) is 12.8. The lowest BCUT2D eigenvalue weighted by molar-refractivity contribution is -0.384. The van der Waals surface area contributed by atoms with Crippen LogP contribution in [0.1, 0.15) is 40.5 Å². The third-order valence-electron chi connectivity index (χ3n) is 6.76. The molecule has 0 N–H and O–H groups in total. The Hall–Kier alpha value is -3.12. The van der Waals surface area contributed by atoms with E-state index >= 15 is 0 Å². The number of Topliss-reactive ketones (excluding diaryl/α,β-unsaturated/α-hetero) is 1. The second-order valence-electron chi connectivity index (χ2n) is 8.93. The van der Waals surface area contributed by atoms with E-state index in [0.717, 1.165) is 22.2 Å². The smallest absolute Gasteiger partial charge is 0.273 e. The number of nitro groups is 1. The third kappa shape index (κ3) is 5.04. The van der Waals surface area contributed by atoms with Gasteiger partial charge in [0, 0.05) is 32.9 Å². The number of rotatable bonds is 7. The van der Waals surface area contributed by atoms with E-state index in [4.69, 9.17) is 4.74 Å². The second kappa shape index (κ2) is 10.7. The molecular formula is C25H23Br2N3O7. The first-order valence-corrected chi connectivity index (χ1v) is 13.3. The summed E-state index contributed by atoms with van der Waals surface area (Å²) >= 11 is 7.09. The summed E-state index contributed by atoms with van der Waals surface area (Å²) in [5.41, 5.74) is 0.0241. The molecule has 2 aromatic carbocycles. The molecule has 0 bridgehead atoms. The molecule has 0 spiro atoms. The number of nitro benzene ring substituents is 1. The van der Waals surface area contributed by atoms with Crippen molar-refractivity contribution in [2.45, 2.75) is 35.5 Å². The number of ether oxygens (including phenoxy) is 1. The van der Waals surface area contributed by atoms with Crippen molar-refractivity contribution in [1.29, 1.82) is 0 Å². The van der Waals surface area contributed by atoms with Gasteiger partial charge in [0.15, 0.2) is 5.78 Å². The van der Waals surface area contributed by atoms with Crippen LogP contribution < -0.4 is 4.74 Å². The monoisotopic (exact) mass is 635 g/mol. The average molecular weight is 637 g/mol. The number of hydrogen-bond donors (Lipinski definition) is 0. The molecule has 2 aliphatic rings. The van der Waals surface area contributed by atoms with Gasteiger partial charge >= 0.3 is 0 Å². The summed E-state index contributed by atoms with van der Waals surface area (Å²) in [6, 6.07) is 9.79. The van der Waals surface area contributed by atoms with Gasteiger partial charge in [0.1, 0.15) is 11.8 Å². The number of alkyl halides is 2. The van der Waals surface area contributed by atoms with Crippen LogP contribution in [0.25, 0.3) is 0 Å². The average Bonchev–Trinajstić information content (AvgIpc) is 3.12. The van der Waals surface area contributed by atoms with Crippen LogP contribution in [0.2, 0.25) is 0 Å². The van der Waals surface area contributed by atoms with Gasteiger partial charge in [-0.3, -0.25) is 29.3 Å². The van der Waals surface area contributed by atoms with Crippen molar-refractivity contribution in [2.24, 2.45) is 11.8 Å². The van der Waals surface area contributed by atoms with Gasteiger partial charge in [0.05, 0.1) is 23.9 Å². The largest absolute Gasteiger partial charge is 0.497 e. The number of non-ortho nitro benzene ring substituents is 1. The summed E-state index contributed by atoms with van der Waals surface area (Å²) in [5.74, 6) is -3.14. The second-order valence-corrected chi connectivity index (χ2v) is 11.3. The van der Waals surface area contributed by atoms with Gasteiger partial charge in [-0.05, 0) is 56.2 Å². The van der Waals surface area contributed by atoms with Crippen molar-refractivity contribution in [2.75, 3.05) is 7.11 Å². The third-order valence-corrected chi connectivity index (χ3v) is 9.49. The minimum atomic E-state index is -1.23. The molecule has 0 unspecified atom stereocenters. The molecule has 1 saturated carbocycles. The van der Waals surface area contributed by atoms with Crippen LogP contribution in [0.15, 0.2) is 48.5 Å². The fraction of sp³-hybridized carbons (Fsp3) is 0.360. The van der Waals surface area contributed by atoms with Crippen molar-refractivity contribution >= 4 is 61.1 Å². The number of carbonyl (C=O) groups is 4. The molecule has 2 aromatic rings. The van der Waals surface area contributed by atoms with E-state index < -0.39 is 46.3 Å². The number of amides is 3. The number of halogens is 2. The lowest BCUT2D eigenvalue weighted by Crippen LogP contribution is -2.56.